The SMILES string of the molecule is CCOc1cccn2c(C(=O)N3c4ccccc4CC3C)c(C)nc12. The highest BCUT2D eigenvalue weighted by Gasteiger charge is 2.33. The molecular weight excluding hydrogens is 314 g/mol. The Kier molecular flexibility index (Phi) is 3.71. The summed E-state index contributed by atoms with van der Waals surface area (Å²) in [6.45, 7) is 6.46. The van der Waals surface area contributed by atoms with E-state index >= 15 is 0 Å². The fourth-order valence-corrected chi connectivity index (χ4v) is 3.67. The first-order chi connectivity index (χ1) is 12.1. The molecule has 5 nitrogen and oxygen atoms in total. The summed E-state index contributed by atoms with van der Waals surface area (Å²) < 4.78 is 7.51. The molecule has 0 saturated carbocycles. The number of para-hydroxylation sites is 1. The summed E-state index contributed by atoms with van der Waals surface area (Å²) in [6.07, 6.45) is 2.75. The van der Waals surface area contributed by atoms with E-state index < -0.39 is 0 Å². The number of carbonyl (C=O) groups excluding carboxylic acids is 1. The molecule has 1 atom stereocenters. The lowest BCUT2D eigenvalue weighted by Gasteiger charge is -2.22. The van der Waals surface area contributed by atoms with E-state index in [1.54, 1.807) is 0 Å². The number of hydrogen-bond donors (Lipinski definition) is 0. The molecule has 5 heteroatoms. The van der Waals surface area contributed by atoms with Crippen LogP contribution in [0.3, 0.4) is 0 Å². The van der Waals surface area contributed by atoms with Crippen molar-refractivity contribution in [3.05, 3.63) is 59.5 Å². The summed E-state index contributed by atoms with van der Waals surface area (Å²) in [5, 5.41) is 0. The van der Waals surface area contributed by atoms with Crippen molar-refractivity contribution in [2.45, 2.75) is 33.2 Å². The van der Waals surface area contributed by atoms with Crippen LogP contribution in [0, 0.1) is 6.92 Å². The monoisotopic (exact) mass is 335 g/mol. The molecule has 0 N–H and O–H groups in total. The Balaban J connectivity index is 1.84. The van der Waals surface area contributed by atoms with Gasteiger partial charge < -0.3 is 9.64 Å². The zero-order valence-electron chi connectivity index (χ0n) is 14.7. The van der Waals surface area contributed by atoms with Crippen LogP contribution in [0.15, 0.2) is 42.6 Å². The Hall–Kier alpha value is -2.82. The van der Waals surface area contributed by atoms with Crippen LogP contribution in [0.1, 0.15) is 35.6 Å². The smallest absolute Gasteiger partial charge is 0.277 e. The van der Waals surface area contributed by atoms with E-state index in [0.29, 0.717) is 29.4 Å². The molecule has 2 aromatic heterocycles. The zero-order chi connectivity index (χ0) is 17.6. The van der Waals surface area contributed by atoms with Crippen LogP contribution in [-0.4, -0.2) is 27.9 Å². The van der Waals surface area contributed by atoms with Crippen LogP contribution in [-0.2, 0) is 6.42 Å². The first kappa shape index (κ1) is 15.7. The highest BCUT2D eigenvalue weighted by Crippen LogP contribution is 2.34. The molecule has 0 bridgehead atoms. The second kappa shape index (κ2) is 5.92. The van der Waals surface area contributed by atoms with Crippen LogP contribution in [0.4, 0.5) is 5.69 Å². The number of nitrogens with zero attached hydrogens (tertiary/aromatic N) is 3. The van der Waals surface area contributed by atoms with E-state index in [-0.39, 0.29) is 11.9 Å². The van der Waals surface area contributed by atoms with Gasteiger partial charge >= 0.3 is 0 Å². The number of fused-ring (bicyclic) bond motifs is 2. The lowest BCUT2D eigenvalue weighted by Crippen LogP contribution is -2.36. The molecule has 1 unspecified atom stereocenters. The minimum atomic E-state index is -0.0175. The molecule has 128 valence electrons. The lowest BCUT2D eigenvalue weighted by atomic mass is 10.1. The average Bonchev–Trinajstić information content (AvgIpc) is 3.11. The van der Waals surface area contributed by atoms with Gasteiger partial charge in [-0.15, -0.1) is 0 Å². The summed E-state index contributed by atoms with van der Waals surface area (Å²) in [5.74, 6) is 0.679. The molecule has 1 aromatic carbocycles. The highest BCUT2D eigenvalue weighted by molar-refractivity contribution is 6.08. The van der Waals surface area contributed by atoms with Gasteiger partial charge in [-0.1, -0.05) is 18.2 Å². The number of carbonyl (C=O) groups is 1. The van der Waals surface area contributed by atoms with E-state index in [4.69, 9.17) is 4.74 Å². The summed E-state index contributed by atoms with van der Waals surface area (Å²) >= 11 is 0. The van der Waals surface area contributed by atoms with E-state index in [0.717, 1.165) is 12.1 Å². The largest absolute Gasteiger partial charge is 0.490 e. The molecule has 3 aromatic rings. The van der Waals surface area contributed by atoms with E-state index in [2.05, 4.69) is 18.0 Å². The molecule has 1 amide bonds. The average molecular weight is 335 g/mol. The summed E-state index contributed by atoms with van der Waals surface area (Å²) in [6, 6.07) is 12.0. The molecule has 0 saturated heterocycles. The molecule has 0 fully saturated rings. The molecular formula is C20H21N3O2. The maximum Gasteiger partial charge on any atom is 0.277 e. The number of rotatable bonds is 3. The van der Waals surface area contributed by atoms with Gasteiger partial charge in [0.1, 0.15) is 5.69 Å². The Bertz CT molecular complexity index is 961. The van der Waals surface area contributed by atoms with Gasteiger partial charge in [0.05, 0.1) is 12.3 Å². The zero-order valence-corrected chi connectivity index (χ0v) is 14.7. The number of imidazole rings is 1. The van der Waals surface area contributed by atoms with E-state index in [1.165, 1.54) is 5.56 Å². The van der Waals surface area contributed by atoms with Gasteiger partial charge in [-0.05, 0) is 51.0 Å². The summed E-state index contributed by atoms with van der Waals surface area (Å²) in [4.78, 5) is 19.9. The normalized spacial score (nSPS) is 16.3. The van der Waals surface area contributed by atoms with Crippen molar-refractivity contribution in [2.24, 2.45) is 0 Å². The van der Waals surface area contributed by atoms with Gasteiger partial charge in [0.15, 0.2) is 11.4 Å². The first-order valence-electron chi connectivity index (χ1n) is 8.63. The van der Waals surface area contributed by atoms with Crippen molar-refractivity contribution in [3.63, 3.8) is 0 Å². The minimum Gasteiger partial charge on any atom is -0.490 e. The predicted octanol–water partition coefficient (Wildman–Crippen LogP) is 3.63. The van der Waals surface area contributed by atoms with Crippen molar-refractivity contribution in [3.8, 4) is 5.75 Å². The molecule has 0 radical (unpaired) electrons. The number of hydrogen-bond acceptors (Lipinski definition) is 3. The number of amides is 1. The lowest BCUT2D eigenvalue weighted by molar-refractivity contribution is 0.0975. The Morgan fingerprint density at radius 3 is 2.88 bits per heavy atom. The third kappa shape index (κ3) is 2.38. The van der Waals surface area contributed by atoms with Gasteiger partial charge in [0.2, 0.25) is 0 Å². The maximum absolute atomic E-state index is 13.4. The van der Waals surface area contributed by atoms with Gasteiger partial charge in [-0.2, -0.15) is 0 Å². The molecule has 0 aliphatic carbocycles. The standard InChI is InChI=1S/C20H21N3O2/c1-4-25-17-10-7-11-22-18(14(3)21-19(17)22)20(24)23-13(2)12-15-8-5-6-9-16(15)23/h5-11,13H,4,12H2,1-3H3. The molecule has 0 spiro atoms. The van der Waals surface area contributed by atoms with Crippen LogP contribution < -0.4 is 9.64 Å². The Labute approximate surface area is 146 Å². The molecule has 4 rings (SSSR count). The fourth-order valence-electron chi connectivity index (χ4n) is 3.67. The van der Waals surface area contributed by atoms with E-state index in [1.807, 2.05) is 59.7 Å². The molecule has 1 aliphatic rings. The van der Waals surface area contributed by atoms with Gasteiger partial charge in [0, 0.05) is 17.9 Å². The van der Waals surface area contributed by atoms with Crippen LogP contribution in [0.5, 0.6) is 5.75 Å². The number of ether oxygens (including phenoxy) is 1. The van der Waals surface area contributed by atoms with Crippen LogP contribution >= 0.6 is 0 Å². The number of anilines is 1. The Morgan fingerprint density at radius 1 is 1.28 bits per heavy atom. The molecule has 3 heterocycles. The second-order valence-corrected chi connectivity index (χ2v) is 6.40. The third-order valence-corrected chi connectivity index (χ3v) is 4.72. The number of benzene rings is 1. The maximum atomic E-state index is 13.4. The molecule has 1 aliphatic heterocycles. The topological polar surface area (TPSA) is 46.8 Å². The van der Waals surface area contributed by atoms with Crippen molar-refractivity contribution < 1.29 is 9.53 Å². The third-order valence-electron chi connectivity index (χ3n) is 4.72. The van der Waals surface area contributed by atoms with Gasteiger partial charge in [-0.25, -0.2) is 4.98 Å². The highest BCUT2D eigenvalue weighted by atomic mass is 16.5. The van der Waals surface area contributed by atoms with Gasteiger partial charge in [0.25, 0.3) is 5.91 Å². The van der Waals surface area contributed by atoms with Crippen molar-refractivity contribution in [1.82, 2.24) is 9.38 Å². The number of aryl methyl sites for hydroxylation is 1. The van der Waals surface area contributed by atoms with Gasteiger partial charge in [-0.3, -0.25) is 9.20 Å². The Morgan fingerprint density at radius 2 is 2.08 bits per heavy atom. The summed E-state index contributed by atoms with van der Waals surface area (Å²) in [7, 11) is 0. The van der Waals surface area contributed by atoms with Crippen molar-refractivity contribution in [1.29, 1.82) is 0 Å². The van der Waals surface area contributed by atoms with Crippen molar-refractivity contribution >= 4 is 17.2 Å². The number of pyridine rings is 1. The predicted molar refractivity (Wildman–Crippen MR) is 97.5 cm³/mol. The summed E-state index contributed by atoms with van der Waals surface area (Å²) in [5.41, 5.74) is 4.21. The minimum absolute atomic E-state index is 0.0175. The second-order valence-electron chi connectivity index (χ2n) is 6.40. The number of aromatic nitrogens is 2. The first-order valence-corrected chi connectivity index (χ1v) is 8.63. The van der Waals surface area contributed by atoms with Crippen molar-refractivity contribution in [2.75, 3.05) is 11.5 Å². The van der Waals surface area contributed by atoms with Crippen LogP contribution in [0.25, 0.3) is 5.65 Å². The van der Waals surface area contributed by atoms with Crippen LogP contribution in [0.2, 0.25) is 0 Å². The fraction of sp³-hybridized carbons (Fsp3) is 0.300. The quantitative estimate of drug-likeness (QED) is 0.734. The molecule has 25 heavy (non-hydrogen) atoms. The van der Waals surface area contributed by atoms with E-state index in [9.17, 15) is 4.79 Å².